The maximum atomic E-state index is 12.3. The molecule has 0 spiro atoms. The van der Waals surface area contributed by atoms with E-state index in [1.165, 1.54) is 11.8 Å². The molecule has 1 fully saturated rings. The fourth-order valence-corrected chi connectivity index (χ4v) is 3.73. The minimum Gasteiger partial charge on any atom is -0.455 e. The number of benzene rings is 1. The molecular weight excluding hydrogens is 374 g/mol. The highest BCUT2D eigenvalue weighted by Gasteiger charge is 2.29. The van der Waals surface area contributed by atoms with Crippen LogP contribution in [0.4, 0.5) is 4.79 Å². The second-order valence-electron chi connectivity index (χ2n) is 7.25. The zero-order valence-electron chi connectivity index (χ0n) is 16.3. The van der Waals surface area contributed by atoms with E-state index in [0.717, 1.165) is 36.8 Å². The van der Waals surface area contributed by atoms with Gasteiger partial charge in [0.05, 0.1) is 12.5 Å². The summed E-state index contributed by atoms with van der Waals surface area (Å²) in [6.07, 6.45) is 7.29. The normalized spacial score (nSPS) is 18.1. The van der Waals surface area contributed by atoms with Gasteiger partial charge in [-0.1, -0.05) is 37.1 Å². The van der Waals surface area contributed by atoms with Gasteiger partial charge in [0.2, 0.25) is 5.91 Å². The third kappa shape index (κ3) is 5.43. The lowest BCUT2D eigenvalue weighted by atomic mass is 9.94. The van der Waals surface area contributed by atoms with E-state index in [1.807, 2.05) is 30.3 Å². The van der Waals surface area contributed by atoms with Crippen molar-refractivity contribution < 1.29 is 23.9 Å². The molecule has 29 heavy (non-hydrogen) atoms. The summed E-state index contributed by atoms with van der Waals surface area (Å²) >= 11 is 0. The van der Waals surface area contributed by atoms with Crippen LogP contribution in [0.25, 0.3) is 6.08 Å². The molecule has 8 nitrogen and oxygen atoms in total. The van der Waals surface area contributed by atoms with Crippen LogP contribution in [0.15, 0.2) is 30.5 Å². The molecule has 1 heterocycles. The zero-order chi connectivity index (χ0) is 20.8. The number of hydrogen-bond acceptors (Lipinski definition) is 5. The minimum atomic E-state index is -0.693. The molecule has 4 amide bonds. The Kier molecular flexibility index (Phi) is 6.64. The molecule has 2 aliphatic rings. The van der Waals surface area contributed by atoms with Gasteiger partial charge in [-0.05, 0) is 30.0 Å². The van der Waals surface area contributed by atoms with Crippen molar-refractivity contribution in [2.75, 3.05) is 6.61 Å². The predicted octanol–water partition coefficient (Wildman–Crippen LogP) is 2.26. The number of urea groups is 1. The predicted molar refractivity (Wildman–Crippen MR) is 105 cm³/mol. The molecule has 0 radical (unpaired) electrons. The van der Waals surface area contributed by atoms with Crippen LogP contribution in [-0.4, -0.2) is 41.4 Å². The number of imide groups is 1. The van der Waals surface area contributed by atoms with E-state index in [9.17, 15) is 19.2 Å². The maximum absolute atomic E-state index is 12.3. The first-order chi connectivity index (χ1) is 13.9. The molecule has 1 aliphatic heterocycles. The van der Waals surface area contributed by atoms with E-state index in [-0.39, 0.29) is 18.4 Å². The Balaban J connectivity index is 1.51. The minimum absolute atomic E-state index is 0.0855. The number of amides is 4. The molecule has 0 aromatic heterocycles. The lowest BCUT2D eigenvalue weighted by Gasteiger charge is -2.32. The van der Waals surface area contributed by atoms with Crippen molar-refractivity contribution in [2.24, 2.45) is 0 Å². The van der Waals surface area contributed by atoms with Crippen molar-refractivity contribution in [2.45, 2.75) is 51.1 Å². The summed E-state index contributed by atoms with van der Waals surface area (Å²) in [6.45, 7) is 0.869. The molecule has 154 valence electrons. The number of carbonyl (C=O) groups excluding carboxylic acids is 4. The number of nitrogens with zero attached hydrogens (tertiary/aromatic N) is 1. The summed E-state index contributed by atoms with van der Waals surface area (Å²) in [4.78, 5) is 49.4. The lowest BCUT2D eigenvalue weighted by molar-refractivity contribution is -0.150. The molecule has 2 N–H and O–H groups in total. The molecule has 1 atom stereocenters. The molecule has 1 saturated carbocycles. The Labute approximate surface area is 169 Å². The number of hydrogen-bond donors (Lipinski definition) is 2. The summed E-state index contributed by atoms with van der Waals surface area (Å²) < 4.78 is 5.03. The highest BCUT2D eigenvalue weighted by atomic mass is 16.5. The van der Waals surface area contributed by atoms with Gasteiger partial charge in [-0.3, -0.25) is 19.7 Å². The fraction of sp³-hybridized carbons (Fsp3) is 0.429. The second-order valence-corrected chi connectivity index (χ2v) is 7.25. The monoisotopic (exact) mass is 399 g/mol. The molecule has 8 heteroatoms. The van der Waals surface area contributed by atoms with Crippen molar-refractivity contribution in [3.05, 3.63) is 41.6 Å². The Morgan fingerprint density at radius 3 is 2.59 bits per heavy atom. The van der Waals surface area contributed by atoms with Gasteiger partial charge in [-0.25, -0.2) is 4.79 Å². The number of rotatable bonds is 5. The van der Waals surface area contributed by atoms with Gasteiger partial charge in [-0.2, -0.15) is 0 Å². The van der Waals surface area contributed by atoms with E-state index in [4.69, 9.17) is 4.74 Å². The molecule has 0 saturated heterocycles. The van der Waals surface area contributed by atoms with Gasteiger partial charge < -0.3 is 15.0 Å². The van der Waals surface area contributed by atoms with Crippen molar-refractivity contribution >= 4 is 29.9 Å². The number of nitrogens with one attached hydrogen (secondary N) is 2. The molecule has 1 aromatic rings. The Morgan fingerprint density at radius 1 is 1.14 bits per heavy atom. The van der Waals surface area contributed by atoms with E-state index >= 15 is 0 Å². The maximum Gasteiger partial charge on any atom is 0.321 e. The lowest BCUT2D eigenvalue weighted by Crippen LogP contribution is -2.45. The summed E-state index contributed by atoms with van der Waals surface area (Å²) in [5.41, 5.74) is 1.76. The van der Waals surface area contributed by atoms with Gasteiger partial charge >= 0.3 is 12.0 Å². The van der Waals surface area contributed by atoms with Crippen molar-refractivity contribution in [1.82, 2.24) is 15.5 Å². The molecule has 1 aromatic carbocycles. The summed E-state index contributed by atoms with van der Waals surface area (Å²) in [5.74, 6) is -1.52. The molecule has 3 rings (SSSR count). The van der Waals surface area contributed by atoms with Crippen LogP contribution in [0.2, 0.25) is 0 Å². The highest BCUT2D eigenvalue weighted by molar-refractivity contribution is 5.95. The first-order valence-corrected chi connectivity index (χ1v) is 9.76. The first-order valence-electron chi connectivity index (χ1n) is 9.76. The summed E-state index contributed by atoms with van der Waals surface area (Å²) in [7, 11) is 0. The molecule has 0 unspecified atom stereocenters. The van der Waals surface area contributed by atoms with Crippen LogP contribution in [0, 0.1) is 0 Å². The third-order valence-electron chi connectivity index (χ3n) is 5.14. The number of ether oxygens (including phenoxy) is 1. The Bertz CT molecular complexity index is 829. The largest absolute Gasteiger partial charge is 0.455 e. The fourth-order valence-electron chi connectivity index (χ4n) is 3.73. The SMILES string of the molecule is CC(=O)N1C=Cc2ccccc2[C@@H]1CC(=O)OCC(=O)NC(=O)NC1CCCC1. The standard InChI is InChI=1S/C21H25N3O5/c1-14(25)24-11-10-15-6-2-5-9-17(15)18(24)12-20(27)29-13-19(26)23-21(28)22-16-7-3-4-8-16/h2,5-6,9-11,16,18H,3-4,7-8,12-13H2,1H3,(H2,22,23,26,28)/t18-/m0/s1. The third-order valence-corrected chi connectivity index (χ3v) is 5.14. The van der Waals surface area contributed by atoms with Crippen LogP contribution < -0.4 is 10.6 Å². The van der Waals surface area contributed by atoms with Gasteiger partial charge in [0.25, 0.3) is 5.91 Å². The van der Waals surface area contributed by atoms with Crippen LogP contribution >= 0.6 is 0 Å². The topological polar surface area (TPSA) is 105 Å². The Hall–Kier alpha value is -3.16. The first kappa shape index (κ1) is 20.6. The van der Waals surface area contributed by atoms with Crippen molar-refractivity contribution in [1.29, 1.82) is 0 Å². The van der Waals surface area contributed by atoms with Crippen LogP contribution in [-0.2, 0) is 19.1 Å². The van der Waals surface area contributed by atoms with E-state index in [0.29, 0.717) is 0 Å². The molecule has 0 bridgehead atoms. The highest BCUT2D eigenvalue weighted by Crippen LogP contribution is 2.33. The van der Waals surface area contributed by atoms with E-state index in [2.05, 4.69) is 10.6 Å². The van der Waals surface area contributed by atoms with Gasteiger partial charge in [0.15, 0.2) is 6.61 Å². The van der Waals surface area contributed by atoms with Crippen molar-refractivity contribution in [3.8, 4) is 0 Å². The van der Waals surface area contributed by atoms with Crippen LogP contribution in [0.1, 0.15) is 56.2 Å². The van der Waals surface area contributed by atoms with Crippen molar-refractivity contribution in [3.63, 3.8) is 0 Å². The average molecular weight is 399 g/mol. The molecular formula is C21H25N3O5. The number of carbonyl (C=O) groups is 4. The smallest absolute Gasteiger partial charge is 0.321 e. The summed E-state index contributed by atoms with van der Waals surface area (Å²) in [5, 5.41) is 4.90. The Morgan fingerprint density at radius 2 is 1.86 bits per heavy atom. The van der Waals surface area contributed by atoms with Gasteiger partial charge in [0.1, 0.15) is 0 Å². The van der Waals surface area contributed by atoms with Gasteiger partial charge in [0, 0.05) is 19.2 Å². The van der Waals surface area contributed by atoms with Crippen LogP contribution in [0.5, 0.6) is 0 Å². The van der Waals surface area contributed by atoms with Gasteiger partial charge in [-0.15, -0.1) is 0 Å². The number of esters is 1. The van der Waals surface area contributed by atoms with E-state index < -0.39 is 30.6 Å². The summed E-state index contributed by atoms with van der Waals surface area (Å²) in [6, 6.07) is 6.48. The second kappa shape index (κ2) is 9.36. The molecule has 1 aliphatic carbocycles. The van der Waals surface area contributed by atoms with Crippen LogP contribution in [0.3, 0.4) is 0 Å². The quantitative estimate of drug-likeness (QED) is 0.739. The average Bonchev–Trinajstić information content (AvgIpc) is 3.19. The number of fused-ring (bicyclic) bond motifs is 1. The van der Waals surface area contributed by atoms with E-state index in [1.54, 1.807) is 6.20 Å². The zero-order valence-corrected chi connectivity index (χ0v) is 16.3.